The van der Waals surface area contributed by atoms with Gasteiger partial charge in [-0.25, -0.2) is 0 Å². The lowest BCUT2D eigenvalue weighted by Gasteiger charge is -2.40. The van der Waals surface area contributed by atoms with Gasteiger partial charge in [0, 0.05) is 45.7 Å². The molecule has 1 unspecified atom stereocenters. The van der Waals surface area contributed by atoms with Crippen molar-refractivity contribution in [2.45, 2.75) is 117 Å². The molecule has 0 heterocycles. The zero-order valence-corrected chi connectivity index (χ0v) is 52.6. The van der Waals surface area contributed by atoms with Crippen molar-refractivity contribution in [3.8, 4) is 0 Å². The molecule has 0 aliphatic rings. The molecule has 0 saturated carbocycles. The molecule has 37 nitrogen and oxygen atoms in total. The number of hydrogen-bond donors (Lipinski definition) is 21. The molecule has 0 saturated heterocycles. The quantitative estimate of drug-likeness (QED) is 0.0251. The van der Waals surface area contributed by atoms with Crippen molar-refractivity contribution >= 4 is 11.7 Å². The number of nitrogens with one attached hydrogen (secondary N) is 1. The van der Waals surface area contributed by atoms with Gasteiger partial charge in [-0.15, -0.1) is 0 Å². The third-order valence-corrected chi connectivity index (χ3v) is 13.4. The lowest BCUT2D eigenvalue weighted by atomic mass is 9.99. The number of carbonyl (C=O) groups is 2. The summed E-state index contributed by atoms with van der Waals surface area (Å²) in [5.41, 5.74) is 0. The average Bonchev–Trinajstić information content (AvgIpc) is 1.12. The van der Waals surface area contributed by atoms with Crippen LogP contribution < -0.4 is 5.32 Å². The highest BCUT2D eigenvalue weighted by molar-refractivity contribution is 5.82. The van der Waals surface area contributed by atoms with E-state index in [2.05, 4.69) is 5.32 Å². The fourth-order valence-electron chi connectivity index (χ4n) is 7.96. The van der Waals surface area contributed by atoms with Gasteiger partial charge in [0.1, 0.15) is 85.1 Å². The second-order valence-corrected chi connectivity index (χ2v) is 21.0. The van der Waals surface area contributed by atoms with Crippen molar-refractivity contribution in [1.82, 2.24) is 15.1 Å². The molecule has 17 atom stereocenters. The normalized spacial score (nSPS) is 17.9. The Labute approximate surface area is 535 Å². The van der Waals surface area contributed by atoms with Crippen LogP contribution in [-0.4, -0.2) is 452 Å². The second kappa shape index (κ2) is 57.8. The number of nitrogens with zero attached hydrogens (tertiary/aromatic N) is 2. The summed E-state index contributed by atoms with van der Waals surface area (Å²) >= 11 is 0. The highest BCUT2D eigenvalue weighted by Gasteiger charge is 2.41. The van der Waals surface area contributed by atoms with Gasteiger partial charge in [0.05, 0.1) is 209 Å². The molecule has 0 rings (SSSR count). The third-order valence-electron chi connectivity index (χ3n) is 13.4. The number of ether oxygens (including phenoxy) is 12. The van der Waals surface area contributed by atoms with Crippen molar-refractivity contribution in [3.05, 3.63) is 0 Å². The van der Waals surface area contributed by atoms with Crippen molar-refractivity contribution in [2.75, 3.05) is 224 Å². The Kier molecular flexibility index (Phi) is 56.4. The summed E-state index contributed by atoms with van der Waals surface area (Å²) < 4.78 is 65.5. The van der Waals surface area contributed by atoms with Gasteiger partial charge >= 0.3 is 0 Å². The van der Waals surface area contributed by atoms with E-state index in [1.54, 1.807) is 0 Å². The molecule has 0 aliphatic heterocycles. The van der Waals surface area contributed by atoms with Crippen LogP contribution >= 0.6 is 0 Å². The molecule has 0 aliphatic carbocycles. The van der Waals surface area contributed by atoms with Gasteiger partial charge in [-0.1, -0.05) is 0 Å². The molecule has 1 amide bonds. The van der Waals surface area contributed by atoms with Crippen LogP contribution in [0.1, 0.15) is 13.3 Å². The second-order valence-electron chi connectivity index (χ2n) is 21.0. The van der Waals surface area contributed by atoms with Crippen molar-refractivity contribution < 1.29 is 169 Å². The molecule has 0 aromatic carbocycles. The van der Waals surface area contributed by atoms with Gasteiger partial charge in [0.25, 0.3) is 0 Å². The van der Waals surface area contributed by atoms with E-state index in [1.165, 1.54) is 6.92 Å². The molecule has 550 valence electrons. The number of ketones is 1. The number of Topliss-reactive ketones (excluding diaryl/α,β-unsaturated/α-hetero) is 1. The Morgan fingerprint density at radius 1 is 0.293 bits per heavy atom. The fraction of sp³-hybridized carbons (Fsp3) is 0.964. The van der Waals surface area contributed by atoms with Crippen LogP contribution in [0.3, 0.4) is 0 Å². The standard InChI is InChI=1S/C55H111N3O34/c1-37(63)2-4-81-6-8-83-10-12-85-14-16-87-18-20-89-22-24-91-26-27-92-25-23-90-21-19-88-17-15-86-13-11-84-9-7-82-5-3-56-55(80)38(58(31-41(66)49(74)53(78)45(70)35-61)32-42(67)50(75)54(79)46(71)36-62)28-57(29-39(64)47(72)51(76)43(68)33-59)30-40(65)48(73)52(77)44(69)34-60/h38-54,59-62,64-79H,2-36H2,1H3,(H,56,80)/t38?,39-,40-,41+,42+,43+,44+,45-,46-,47+,48+,49-,50-,51+,52+,53-,54-/m1/s1. The van der Waals surface area contributed by atoms with Gasteiger partial charge in [0.15, 0.2) is 0 Å². The molecular weight excluding hydrogens is 1250 g/mol. The molecular formula is C55H111N3O34. The average molecular weight is 1360 g/mol. The minimum absolute atomic E-state index is 0.0120. The highest BCUT2D eigenvalue weighted by Crippen LogP contribution is 2.18. The monoisotopic (exact) mass is 1360 g/mol. The van der Waals surface area contributed by atoms with Crippen LogP contribution in [0.5, 0.6) is 0 Å². The SMILES string of the molecule is CC(=O)CCOCCOCCOCCOCCOCCOCCOCCOCCOCCOCCOCCOCCNC(=O)C(CN(C[C@@H](O)[C@H](O)[C@@H](O)[C@@H](O)CO)C[C@@H](O)[C@H](O)[C@@H](O)[C@@H](O)CO)N(C[C@H](O)[C@@H](O)[C@H](O)[C@H](O)CO)C[C@H](O)[C@@H](O)[C@H](O)[C@H](O)CO. The third kappa shape index (κ3) is 43.1. The Hall–Kier alpha value is -2.22. The van der Waals surface area contributed by atoms with E-state index in [9.17, 15) is 112 Å². The predicted molar refractivity (Wildman–Crippen MR) is 314 cm³/mol. The summed E-state index contributed by atoms with van der Waals surface area (Å²) in [4.78, 5) is 26.8. The van der Waals surface area contributed by atoms with E-state index in [4.69, 9.17) is 56.8 Å². The first kappa shape index (κ1) is 89.8. The van der Waals surface area contributed by atoms with Crippen molar-refractivity contribution in [3.63, 3.8) is 0 Å². The highest BCUT2D eigenvalue weighted by atomic mass is 16.6. The number of aliphatic hydroxyl groups is 20. The predicted octanol–water partition coefficient (Wildman–Crippen LogP) is -13.0. The largest absolute Gasteiger partial charge is 0.394 e. The van der Waals surface area contributed by atoms with Crippen LogP contribution in [0, 0.1) is 0 Å². The Balaban J connectivity index is 5.14. The van der Waals surface area contributed by atoms with Gasteiger partial charge in [0.2, 0.25) is 5.91 Å². The first-order valence-corrected chi connectivity index (χ1v) is 30.5. The van der Waals surface area contributed by atoms with Crippen LogP contribution in [0.15, 0.2) is 0 Å². The van der Waals surface area contributed by atoms with E-state index in [0.717, 1.165) is 9.80 Å². The maximum absolute atomic E-state index is 14.3. The summed E-state index contributed by atoms with van der Waals surface area (Å²) in [6.45, 7) is -0.522. The Bertz CT molecular complexity index is 1640. The number of carbonyl (C=O) groups excluding carboxylic acids is 2. The van der Waals surface area contributed by atoms with E-state index in [0.29, 0.717) is 119 Å². The summed E-state index contributed by atoms with van der Waals surface area (Å²) in [5, 5.41) is 209. The van der Waals surface area contributed by atoms with E-state index < -0.39 is 169 Å². The summed E-state index contributed by atoms with van der Waals surface area (Å²) in [6.07, 6.45) is -34.8. The lowest BCUT2D eigenvalue weighted by Crippen LogP contribution is -2.61. The molecule has 21 N–H and O–H groups in total. The Morgan fingerprint density at radius 2 is 0.500 bits per heavy atom. The molecule has 0 radical (unpaired) electrons. The van der Waals surface area contributed by atoms with Crippen LogP contribution in [0.4, 0.5) is 0 Å². The molecule has 92 heavy (non-hydrogen) atoms. The van der Waals surface area contributed by atoms with E-state index in [1.807, 2.05) is 0 Å². The minimum atomic E-state index is -2.34. The molecule has 0 fully saturated rings. The van der Waals surface area contributed by atoms with Crippen LogP contribution in [-0.2, 0) is 66.4 Å². The smallest absolute Gasteiger partial charge is 0.238 e. The lowest BCUT2D eigenvalue weighted by molar-refractivity contribution is -0.145. The Morgan fingerprint density at radius 3 is 0.728 bits per heavy atom. The van der Waals surface area contributed by atoms with Gasteiger partial charge in [-0.05, 0) is 6.92 Å². The molecule has 0 aromatic rings. The zero-order chi connectivity index (χ0) is 69.1. The summed E-state index contributed by atoms with van der Waals surface area (Å²) in [6, 6.07) is -1.92. The summed E-state index contributed by atoms with van der Waals surface area (Å²) in [7, 11) is 0. The van der Waals surface area contributed by atoms with Gasteiger partial charge in [-0.3, -0.25) is 19.4 Å². The first-order valence-electron chi connectivity index (χ1n) is 30.5. The maximum Gasteiger partial charge on any atom is 0.238 e. The zero-order valence-electron chi connectivity index (χ0n) is 52.6. The van der Waals surface area contributed by atoms with Crippen LogP contribution in [0.2, 0.25) is 0 Å². The van der Waals surface area contributed by atoms with E-state index in [-0.39, 0.29) is 58.6 Å². The number of rotatable bonds is 67. The van der Waals surface area contributed by atoms with Gasteiger partial charge < -0.3 is 164 Å². The molecule has 37 heteroatoms. The topological polar surface area (TPSA) is 568 Å². The molecule has 0 bridgehead atoms. The van der Waals surface area contributed by atoms with E-state index >= 15 is 0 Å². The summed E-state index contributed by atoms with van der Waals surface area (Å²) in [5.74, 6) is -1.01. The number of aliphatic hydroxyl groups excluding tert-OH is 20. The van der Waals surface area contributed by atoms with Crippen molar-refractivity contribution in [2.24, 2.45) is 0 Å². The first-order chi connectivity index (χ1) is 44.0. The maximum atomic E-state index is 14.3. The fourth-order valence-corrected chi connectivity index (χ4v) is 7.96. The van der Waals surface area contributed by atoms with Gasteiger partial charge in [-0.2, -0.15) is 0 Å². The number of amides is 1. The van der Waals surface area contributed by atoms with Crippen molar-refractivity contribution in [1.29, 1.82) is 0 Å². The van der Waals surface area contributed by atoms with Crippen LogP contribution in [0.25, 0.3) is 0 Å². The molecule has 0 spiro atoms. The number of hydrogen-bond acceptors (Lipinski definition) is 36. The molecule has 0 aromatic heterocycles. The minimum Gasteiger partial charge on any atom is -0.394 e.